The monoisotopic (exact) mass is 297 g/mol. The van der Waals surface area contributed by atoms with Crippen LogP contribution in [0.25, 0.3) is 0 Å². The highest BCUT2D eigenvalue weighted by molar-refractivity contribution is 5.77. The Morgan fingerprint density at radius 2 is 2.05 bits per heavy atom. The van der Waals surface area contributed by atoms with Gasteiger partial charge in [-0.3, -0.25) is 9.69 Å². The molecular formula is C17H35N3O. The van der Waals surface area contributed by atoms with Crippen molar-refractivity contribution in [2.75, 3.05) is 19.6 Å². The molecule has 4 heteroatoms. The zero-order chi connectivity index (χ0) is 15.9. The molecule has 0 bridgehead atoms. The van der Waals surface area contributed by atoms with E-state index in [-0.39, 0.29) is 17.5 Å². The number of rotatable bonds is 6. The molecule has 1 aliphatic heterocycles. The van der Waals surface area contributed by atoms with Gasteiger partial charge in [0.15, 0.2) is 0 Å². The Labute approximate surface area is 130 Å². The smallest absolute Gasteiger partial charge is 0.222 e. The van der Waals surface area contributed by atoms with Crippen LogP contribution in [-0.4, -0.2) is 42.0 Å². The summed E-state index contributed by atoms with van der Waals surface area (Å²) in [4.78, 5) is 14.6. The van der Waals surface area contributed by atoms with Crippen LogP contribution in [-0.2, 0) is 4.79 Å². The highest BCUT2D eigenvalue weighted by Gasteiger charge is 2.25. The summed E-state index contributed by atoms with van der Waals surface area (Å²) in [5.74, 6) is 0.981. The van der Waals surface area contributed by atoms with Crippen LogP contribution in [0.1, 0.15) is 66.2 Å². The van der Waals surface area contributed by atoms with Crippen molar-refractivity contribution in [1.29, 1.82) is 0 Å². The van der Waals surface area contributed by atoms with Gasteiger partial charge >= 0.3 is 0 Å². The van der Waals surface area contributed by atoms with Gasteiger partial charge in [0.05, 0.1) is 0 Å². The van der Waals surface area contributed by atoms with Crippen molar-refractivity contribution in [1.82, 2.24) is 10.2 Å². The Morgan fingerprint density at radius 3 is 2.62 bits per heavy atom. The second kappa shape index (κ2) is 8.74. The average molecular weight is 297 g/mol. The van der Waals surface area contributed by atoms with Crippen LogP contribution in [0.4, 0.5) is 0 Å². The number of carbonyl (C=O) groups is 1. The van der Waals surface area contributed by atoms with Gasteiger partial charge in [0.2, 0.25) is 5.91 Å². The lowest BCUT2D eigenvalue weighted by atomic mass is 9.96. The van der Waals surface area contributed by atoms with E-state index < -0.39 is 0 Å². The van der Waals surface area contributed by atoms with E-state index in [1.165, 1.54) is 32.1 Å². The van der Waals surface area contributed by atoms with E-state index in [0.29, 0.717) is 13.0 Å². The van der Waals surface area contributed by atoms with Crippen LogP contribution in [0.2, 0.25) is 0 Å². The Balaban J connectivity index is 2.49. The van der Waals surface area contributed by atoms with Crippen molar-refractivity contribution in [2.45, 2.75) is 77.8 Å². The lowest BCUT2D eigenvalue weighted by Gasteiger charge is -2.30. The zero-order valence-corrected chi connectivity index (χ0v) is 14.5. The van der Waals surface area contributed by atoms with Crippen LogP contribution in [0.3, 0.4) is 0 Å². The summed E-state index contributed by atoms with van der Waals surface area (Å²) in [6.07, 6.45) is 6.96. The summed E-state index contributed by atoms with van der Waals surface area (Å²) in [7, 11) is 0. The topological polar surface area (TPSA) is 58.4 Å². The molecule has 0 saturated carbocycles. The van der Waals surface area contributed by atoms with Crippen molar-refractivity contribution >= 4 is 5.91 Å². The van der Waals surface area contributed by atoms with Crippen LogP contribution >= 0.6 is 0 Å². The predicted molar refractivity (Wildman–Crippen MR) is 89.2 cm³/mol. The predicted octanol–water partition coefficient (Wildman–Crippen LogP) is 2.52. The molecule has 1 heterocycles. The number of hydrogen-bond acceptors (Lipinski definition) is 3. The van der Waals surface area contributed by atoms with E-state index in [2.05, 4.69) is 17.1 Å². The van der Waals surface area contributed by atoms with Gasteiger partial charge < -0.3 is 11.1 Å². The summed E-state index contributed by atoms with van der Waals surface area (Å²) in [5.41, 5.74) is 5.77. The quantitative estimate of drug-likeness (QED) is 0.792. The Bertz CT molecular complexity index is 312. The lowest BCUT2D eigenvalue weighted by Crippen LogP contribution is -2.47. The number of likely N-dealkylation sites (tertiary alicyclic amines) is 1. The second-order valence-corrected chi connectivity index (χ2v) is 7.51. The molecule has 0 radical (unpaired) electrons. The normalized spacial score (nSPS) is 22.6. The molecule has 1 aliphatic rings. The summed E-state index contributed by atoms with van der Waals surface area (Å²) in [6.45, 7) is 11.1. The van der Waals surface area contributed by atoms with E-state index in [9.17, 15) is 4.79 Å². The highest BCUT2D eigenvalue weighted by atomic mass is 16.1. The van der Waals surface area contributed by atoms with Gasteiger partial charge in [-0.15, -0.1) is 0 Å². The van der Waals surface area contributed by atoms with Gasteiger partial charge in [0.1, 0.15) is 0 Å². The van der Waals surface area contributed by atoms with Crippen molar-refractivity contribution in [3.05, 3.63) is 0 Å². The SMILES string of the molecule is CCCC1CCCN(C(CN)CC(=O)NC(C)(C)C)CC1. The van der Waals surface area contributed by atoms with E-state index >= 15 is 0 Å². The van der Waals surface area contributed by atoms with Crippen LogP contribution in [0.15, 0.2) is 0 Å². The van der Waals surface area contributed by atoms with E-state index in [1.807, 2.05) is 20.8 Å². The molecule has 2 unspecified atom stereocenters. The minimum atomic E-state index is -0.165. The Kier molecular flexibility index (Phi) is 7.67. The first kappa shape index (κ1) is 18.4. The van der Waals surface area contributed by atoms with Gasteiger partial charge in [0.25, 0.3) is 0 Å². The molecule has 124 valence electrons. The molecule has 1 fully saturated rings. The number of nitrogens with zero attached hydrogens (tertiary/aromatic N) is 1. The van der Waals surface area contributed by atoms with Crippen LogP contribution in [0, 0.1) is 5.92 Å². The first-order chi connectivity index (χ1) is 9.85. The minimum absolute atomic E-state index is 0.118. The molecule has 0 aromatic heterocycles. The van der Waals surface area contributed by atoms with Gasteiger partial charge in [-0.1, -0.05) is 19.8 Å². The average Bonchev–Trinajstić information content (AvgIpc) is 2.60. The van der Waals surface area contributed by atoms with Gasteiger partial charge in [-0.2, -0.15) is 0 Å². The maximum atomic E-state index is 12.1. The lowest BCUT2D eigenvalue weighted by molar-refractivity contribution is -0.123. The fraction of sp³-hybridized carbons (Fsp3) is 0.941. The number of carbonyl (C=O) groups excluding carboxylic acids is 1. The van der Waals surface area contributed by atoms with E-state index in [1.54, 1.807) is 0 Å². The standard InChI is InChI=1S/C17H35N3O/c1-5-7-14-8-6-10-20(11-9-14)15(13-18)12-16(21)19-17(2,3)4/h14-15H,5-13,18H2,1-4H3,(H,19,21). The molecular weight excluding hydrogens is 262 g/mol. The number of amides is 1. The fourth-order valence-electron chi connectivity index (χ4n) is 3.29. The third-order valence-electron chi connectivity index (χ3n) is 4.30. The Hall–Kier alpha value is -0.610. The summed E-state index contributed by atoms with van der Waals surface area (Å²) in [6, 6.07) is 0.188. The van der Waals surface area contributed by atoms with Crippen molar-refractivity contribution in [3.63, 3.8) is 0 Å². The number of hydrogen-bond donors (Lipinski definition) is 2. The third kappa shape index (κ3) is 7.28. The molecule has 1 saturated heterocycles. The number of nitrogens with one attached hydrogen (secondary N) is 1. The van der Waals surface area contributed by atoms with Gasteiger partial charge in [-0.05, 0) is 59.0 Å². The van der Waals surface area contributed by atoms with Gasteiger partial charge in [0, 0.05) is 24.5 Å². The van der Waals surface area contributed by atoms with Crippen molar-refractivity contribution in [3.8, 4) is 0 Å². The number of nitrogens with two attached hydrogens (primary N) is 1. The molecule has 0 aromatic rings. The van der Waals surface area contributed by atoms with Crippen molar-refractivity contribution < 1.29 is 4.79 Å². The first-order valence-electron chi connectivity index (χ1n) is 8.60. The van der Waals surface area contributed by atoms with Crippen LogP contribution < -0.4 is 11.1 Å². The molecule has 21 heavy (non-hydrogen) atoms. The Morgan fingerprint density at radius 1 is 1.33 bits per heavy atom. The summed E-state index contributed by atoms with van der Waals surface area (Å²) in [5, 5.41) is 3.05. The largest absolute Gasteiger partial charge is 0.351 e. The zero-order valence-electron chi connectivity index (χ0n) is 14.5. The molecule has 2 atom stereocenters. The molecule has 4 nitrogen and oxygen atoms in total. The van der Waals surface area contributed by atoms with Crippen LogP contribution in [0.5, 0.6) is 0 Å². The maximum Gasteiger partial charge on any atom is 0.222 e. The minimum Gasteiger partial charge on any atom is -0.351 e. The summed E-state index contributed by atoms with van der Waals surface area (Å²) < 4.78 is 0. The molecule has 1 amide bonds. The molecule has 1 rings (SSSR count). The molecule has 3 N–H and O–H groups in total. The van der Waals surface area contributed by atoms with E-state index in [0.717, 1.165) is 19.0 Å². The highest BCUT2D eigenvalue weighted by Crippen LogP contribution is 2.23. The van der Waals surface area contributed by atoms with Crippen molar-refractivity contribution in [2.24, 2.45) is 11.7 Å². The second-order valence-electron chi connectivity index (χ2n) is 7.51. The molecule has 0 spiro atoms. The maximum absolute atomic E-state index is 12.1. The van der Waals surface area contributed by atoms with E-state index in [4.69, 9.17) is 5.73 Å². The molecule has 0 aromatic carbocycles. The fourth-order valence-corrected chi connectivity index (χ4v) is 3.29. The molecule has 0 aliphatic carbocycles. The third-order valence-corrected chi connectivity index (χ3v) is 4.30. The van der Waals surface area contributed by atoms with Gasteiger partial charge in [-0.25, -0.2) is 0 Å². The first-order valence-corrected chi connectivity index (χ1v) is 8.60. The summed E-state index contributed by atoms with van der Waals surface area (Å²) >= 11 is 0.